The summed E-state index contributed by atoms with van der Waals surface area (Å²) < 4.78 is 0. The average molecular weight is 207 g/mol. The van der Waals surface area contributed by atoms with Gasteiger partial charge < -0.3 is 10.6 Å². The van der Waals surface area contributed by atoms with Gasteiger partial charge in [-0.05, 0) is 26.3 Å². The maximum absolute atomic E-state index is 5.72. The molecule has 1 aromatic rings. The van der Waals surface area contributed by atoms with Crippen LogP contribution in [0.15, 0.2) is 18.5 Å². The van der Waals surface area contributed by atoms with Crippen LogP contribution in [-0.2, 0) is 6.54 Å². The summed E-state index contributed by atoms with van der Waals surface area (Å²) in [5, 5.41) is 0. The zero-order valence-corrected chi connectivity index (χ0v) is 9.90. The molecule has 0 radical (unpaired) electrons. The molecule has 1 rings (SSSR count). The van der Waals surface area contributed by atoms with Crippen molar-refractivity contribution in [3.63, 3.8) is 0 Å². The molecular weight excluding hydrogens is 186 g/mol. The number of hydrogen-bond acceptors (Lipinski definition) is 3. The van der Waals surface area contributed by atoms with Crippen LogP contribution in [0, 0.1) is 0 Å². The zero-order valence-electron chi connectivity index (χ0n) is 9.90. The van der Waals surface area contributed by atoms with Crippen molar-refractivity contribution in [2.24, 2.45) is 5.73 Å². The van der Waals surface area contributed by atoms with E-state index in [0.29, 0.717) is 12.6 Å². The van der Waals surface area contributed by atoms with Crippen LogP contribution in [0.5, 0.6) is 0 Å². The van der Waals surface area contributed by atoms with Gasteiger partial charge in [-0.1, -0.05) is 6.92 Å². The van der Waals surface area contributed by atoms with Crippen LogP contribution in [0.25, 0.3) is 0 Å². The lowest BCUT2D eigenvalue weighted by Crippen LogP contribution is -2.32. The van der Waals surface area contributed by atoms with Gasteiger partial charge >= 0.3 is 0 Å². The first kappa shape index (κ1) is 12.0. The summed E-state index contributed by atoms with van der Waals surface area (Å²) in [5.74, 6) is 0. The minimum absolute atomic E-state index is 0.498. The molecule has 0 atom stereocenters. The van der Waals surface area contributed by atoms with Crippen LogP contribution >= 0.6 is 0 Å². The van der Waals surface area contributed by atoms with E-state index >= 15 is 0 Å². The third-order valence-electron chi connectivity index (χ3n) is 2.50. The van der Waals surface area contributed by atoms with Crippen molar-refractivity contribution in [1.82, 2.24) is 4.98 Å². The van der Waals surface area contributed by atoms with E-state index in [1.165, 1.54) is 5.69 Å². The highest BCUT2D eigenvalue weighted by Crippen LogP contribution is 2.21. The molecule has 0 bridgehead atoms. The zero-order chi connectivity index (χ0) is 11.3. The maximum Gasteiger partial charge on any atom is 0.0445 e. The summed E-state index contributed by atoms with van der Waals surface area (Å²) in [6.45, 7) is 8.22. The topological polar surface area (TPSA) is 42.2 Å². The van der Waals surface area contributed by atoms with Crippen LogP contribution in [0.3, 0.4) is 0 Å². The monoisotopic (exact) mass is 207 g/mol. The van der Waals surface area contributed by atoms with Crippen molar-refractivity contribution in [3.05, 3.63) is 24.0 Å². The van der Waals surface area contributed by atoms with E-state index in [0.717, 1.165) is 18.5 Å². The minimum Gasteiger partial charge on any atom is -0.369 e. The molecule has 0 aromatic carbocycles. The Morgan fingerprint density at radius 3 is 2.73 bits per heavy atom. The maximum atomic E-state index is 5.72. The van der Waals surface area contributed by atoms with Gasteiger partial charge in [0.25, 0.3) is 0 Å². The van der Waals surface area contributed by atoms with E-state index in [4.69, 9.17) is 5.73 Å². The first-order valence-electron chi connectivity index (χ1n) is 5.60. The third kappa shape index (κ3) is 2.93. The molecule has 0 aliphatic rings. The Morgan fingerprint density at radius 2 is 2.20 bits per heavy atom. The van der Waals surface area contributed by atoms with Crippen LogP contribution in [0.2, 0.25) is 0 Å². The Morgan fingerprint density at radius 1 is 1.47 bits per heavy atom. The van der Waals surface area contributed by atoms with Crippen molar-refractivity contribution >= 4 is 5.69 Å². The molecule has 0 aliphatic carbocycles. The molecule has 0 unspecified atom stereocenters. The van der Waals surface area contributed by atoms with Crippen LogP contribution in [0.1, 0.15) is 32.8 Å². The highest BCUT2D eigenvalue weighted by Gasteiger charge is 2.12. The molecule has 1 aromatic heterocycles. The summed E-state index contributed by atoms with van der Waals surface area (Å²) in [5.41, 5.74) is 8.07. The van der Waals surface area contributed by atoms with Crippen molar-refractivity contribution < 1.29 is 0 Å². The van der Waals surface area contributed by atoms with Crippen LogP contribution in [-0.4, -0.2) is 17.6 Å². The fourth-order valence-corrected chi connectivity index (χ4v) is 1.76. The lowest BCUT2D eigenvalue weighted by Gasteiger charge is -2.30. The van der Waals surface area contributed by atoms with Gasteiger partial charge in [0.15, 0.2) is 0 Å². The summed E-state index contributed by atoms with van der Waals surface area (Å²) in [6.07, 6.45) is 4.84. The molecule has 0 saturated carbocycles. The second-order valence-corrected chi connectivity index (χ2v) is 4.00. The Kier molecular flexibility index (Phi) is 4.56. The molecule has 0 saturated heterocycles. The normalized spacial score (nSPS) is 10.7. The van der Waals surface area contributed by atoms with Crippen molar-refractivity contribution in [2.75, 3.05) is 11.4 Å². The largest absolute Gasteiger partial charge is 0.369 e. The van der Waals surface area contributed by atoms with Crippen LogP contribution < -0.4 is 10.6 Å². The molecule has 3 nitrogen and oxygen atoms in total. The first-order chi connectivity index (χ1) is 7.20. The van der Waals surface area contributed by atoms with E-state index in [-0.39, 0.29) is 0 Å². The Hall–Kier alpha value is -1.09. The number of aromatic nitrogens is 1. The predicted octanol–water partition coefficient (Wildman–Crippen LogP) is 2.17. The summed E-state index contributed by atoms with van der Waals surface area (Å²) in [7, 11) is 0. The van der Waals surface area contributed by atoms with E-state index in [2.05, 4.69) is 36.7 Å². The molecule has 3 heteroatoms. The number of rotatable bonds is 5. The lowest BCUT2D eigenvalue weighted by molar-refractivity contribution is 0.667. The smallest absolute Gasteiger partial charge is 0.0445 e. The molecule has 1 heterocycles. The van der Waals surface area contributed by atoms with E-state index < -0.39 is 0 Å². The first-order valence-corrected chi connectivity index (χ1v) is 5.60. The number of nitrogens with zero attached hydrogens (tertiary/aromatic N) is 2. The standard InChI is InChI=1S/C12H21N3/c1-4-7-15(10(2)3)12-5-6-14-9-11(12)8-13/h5-6,9-10H,4,7-8,13H2,1-3H3. The van der Waals surface area contributed by atoms with Gasteiger partial charge in [-0.3, -0.25) is 4.98 Å². The highest BCUT2D eigenvalue weighted by atomic mass is 15.2. The van der Waals surface area contributed by atoms with Crippen molar-refractivity contribution in [2.45, 2.75) is 39.8 Å². The van der Waals surface area contributed by atoms with Gasteiger partial charge in [0.1, 0.15) is 0 Å². The third-order valence-corrected chi connectivity index (χ3v) is 2.50. The minimum atomic E-state index is 0.498. The van der Waals surface area contributed by atoms with Gasteiger partial charge in [0.2, 0.25) is 0 Å². The molecule has 0 amide bonds. The summed E-state index contributed by atoms with van der Waals surface area (Å²) in [4.78, 5) is 6.49. The fraction of sp³-hybridized carbons (Fsp3) is 0.583. The lowest BCUT2D eigenvalue weighted by atomic mass is 10.1. The average Bonchev–Trinajstić information content (AvgIpc) is 2.25. The molecule has 0 spiro atoms. The second-order valence-electron chi connectivity index (χ2n) is 4.00. The van der Waals surface area contributed by atoms with Gasteiger partial charge in [-0.25, -0.2) is 0 Å². The Bertz CT molecular complexity index is 297. The van der Waals surface area contributed by atoms with Gasteiger partial charge in [-0.15, -0.1) is 0 Å². The summed E-state index contributed by atoms with van der Waals surface area (Å²) >= 11 is 0. The van der Waals surface area contributed by atoms with Gasteiger partial charge in [0, 0.05) is 42.8 Å². The number of pyridine rings is 1. The molecular formula is C12H21N3. The quantitative estimate of drug-likeness (QED) is 0.804. The highest BCUT2D eigenvalue weighted by molar-refractivity contribution is 5.52. The predicted molar refractivity (Wildman–Crippen MR) is 64.9 cm³/mol. The molecule has 0 aliphatic heterocycles. The van der Waals surface area contributed by atoms with Crippen molar-refractivity contribution in [1.29, 1.82) is 0 Å². The van der Waals surface area contributed by atoms with Gasteiger partial charge in [0.05, 0.1) is 0 Å². The van der Waals surface area contributed by atoms with Crippen molar-refractivity contribution in [3.8, 4) is 0 Å². The van der Waals surface area contributed by atoms with Crippen LogP contribution in [0.4, 0.5) is 5.69 Å². The second kappa shape index (κ2) is 5.71. The molecule has 84 valence electrons. The Balaban J connectivity index is 2.98. The number of hydrogen-bond donors (Lipinski definition) is 1. The van der Waals surface area contributed by atoms with E-state index in [1.54, 1.807) is 0 Å². The van der Waals surface area contributed by atoms with E-state index in [9.17, 15) is 0 Å². The SMILES string of the molecule is CCCN(c1ccncc1CN)C(C)C. The molecule has 0 fully saturated rings. The number of nitrogens with two attached hydrogens (primary N) is 1. The molecule has 2 N–H and O–H groups in total. The number of anilines is 1. The Labute approximate surface area is 92.3 Å². The van der Waals surface area contributed by atoms with Gasteiger partial charge in [-0.2, -0.15) is 0 Å². The fourth-order valence-electron chi connectivity index (χ4n) is 1.76. The summed E-state index contributed by atoms with van der Waals surface area (Å²) in [6, 6.07) is 2.55. The van der Waals surface area contributed by atoms with E-state index in [1.807, 2.05) is 12.4 Å². The molecule has 15 heavy (non-hydrogen) atoms.